The smallest absolute Gasteiger partial charge is 0.389 e. The molecule has 2 nitrogen and oxygen atoms in total. The van der Waals surface area contributed by atoms with Crippen LogP contribution in [0.15, 0.2) is 0 Å². The van der Waals surface area contributed by atoms with E-state index in [0.29, 0.717) is 13.0 Å². The summed E-state index contributed by atoms with van der Waals surface area (Å²) in [5.74, 6) is -0.202. The van der Waals surface area contributed by atoms with E-state index < -0.39 is 18.0 Å². The minimum Gasteiger partial charge on any atom is -0.465 e. The largest absolute Gasteiger partial charge is 0.465 e. The summed E-state index contributed by atoms with van der Waals surface area (Å²) in [6.07, 6.45) is -0.975. The third-order valence-electron chi connectivity index (χ3n) is 3.27. The van der Waals surface area contributed by atoms with E-state index in [1.165, 1.54) is 0 Å². The van der Waals surface area contributed by atoms with Crippen LogP contribution in [0.3, 0.4) is 0 Å². The second kappa shape index (κ2) is 8.43. The lowest BCUT2D eigenvalue weighted by atomic mass is 9.91. The van der Waals surface area contributed by atoms with Crippen LogP contribution in [-0.4, -0.2) is 18.8 Å². The van der Waals surface area contributed by atoms with Crippen LogP contribution < -0.4 is 0 Å². The lowest BCUT2D eigenvalue weighted by Gasteiger charge is -2.20. The zero-order valence-corrected chi connectivity index (χ0v) is 12.1. The molecule has 0 amide bonds. The highest BCUT2D eigenvalue weighted by atomic mass is 19.4. The Labute approximate surface area is 113 Å². The van der Waals surface area contributed by atoms with Crippen molar-refractivity contribution < 1.29 is 22.7 Å². The topological polar surface area (TPSA) is 26.3 Å². The van der Waals surface area contributed by atoms with Gasteiger partial charge >= 0.3 is 12.1 Å². The molecule has 0 aromatic rings. The fourth-order valence-electron chi connectivity index (χ4n) is 1.46. The van der Waals surface area contributed by atoms with Crippen molar-refractivity contribution in [3.63, 3.8) is 0 Å². The Morgan fingerprint density at radius 1 is 1.00 bits per heavy atom. The Kier molecular flexibility index (Phi) is 8.11. The molecule has 0 aromatic heterocycles. The molecule has 0 aliphatic carbocycles. The number of carbonyl (C=O) groups excluding carboxylic acids is 1. The molecule has 0 bridgehead atoms. The van der Waals surface area contributed by atoms with Crippen LogP contribution in [0.25, 0.3) is 0 Å². The van der Waals surface area contributed by atoms with E-state index in [1.807, 2.05) is 20.8 Å². The molecular weight excluding hydrogens is 257 g/mol. The molecule has 0 aliphatic rings. The van der Waals surface area contributed by atoms with Gasteiger partial charge in [0.1, 0.15) is 0 Å². The predicted octanol–water partition coefficient (Wildman–Crippen LogP) is 4.87. The van der Waals surface area contributed by atoms with Gasteiger partial charge in [-0.2, -0.15) is 13.2 Å². The van der Waals surface area contributed by atoms with E-state index in [2.05, 4.69) is 0 Å². The van der Waals surface area contributed by atoms with Crippen molar-refractivity contribution in [2.75, 3.05) is 6.61 Å². The fraction of sp³-hybridized carbons (Fsp3) is 0.929. The van der Waals surface area contributed by atoms with Crippen LogP contribution in [0.1, 0.15) is 65.7 Å². The summed E-state index contributed by atoms with van der Waals surface area (Å²) in [4.78, 5) is 11.6. The molecule has 0 unspecified atom stereocenters. The zero-order chi connectivity index (χ0) is 14.9. The van der Waals surface area contributed by atoms with E-state index in [4.69, 9.17) is 4.74 Å². The minimum atomic E-state index is -4.04. The fourth-order valence-corrected chi connectivity index (χ4v) is 1.46. The molecular formula is C14H25F3O2. The van der Waals surface area contributed by atoms with Gasteiger partial charge in [0.2, 0.25) is 0 Å². The summed E-state index contributed by atoms with van der Waals surface area (Å²) in [6.45, 7) is 5.97. The van der Waals surface area contributed by atoms with E-state index >= 15 is 0 Å². The van der Waals surface area contributed by atoms with Crippen LogP contribution in [0.4, 0.5) is 13.2 Å². The number of esters is 1. The molecule has 0 atom stereocenters. The highest BCUT2D eigenvalue weighted by molar-refractivity contribution is 5.75. The molecule has 0 aliphatic heterocycles. The lowest BCUT2D eigenvalue weighted by molar-refractivity contribution is -0.154. The molecule has 114 valence electrons. The Balaban J connectivity index is 3.44. The van der Waals surface area contributed by atoms with Crippen LogP contribution in [0, 0.1) is 5.41 Å². The van der Waals surface area contributed by atoms with E-state index in [-0.39, 0.29) is 12.4 Å². The molecule has 0 fully saturated rings. The Morgan fingerprint density at radius 2 is 1.53 bits per heavy atom. The summed E-state index contributed by atoms with van der Waals surface area (Å²) < 4.78 is 40.7. The van der Waals surface area contributed by atoms with Crippen LogP contribution in [0.5, 0.6) is 0 Å². The molecule has 0 rings (SSSR count). The van der Waals surface area contributed by atoms with Crippen LogP contribution >= 0.6 is 0 Å². The van der Waals surface area contributed by atoms with Gasteiger partial charge in [-0.1, -0.05) is 26.2 Å². The monoisotopic (exact) mass is 282 g/mol. The molecule has 19 heavy (non-hydrogen) atoms. The van der Waals surface area contributed by atoms with Gasteiger partial charge < -0.3 is 4.74 Å². The van der Waals surface area contributed by atoms with Crippen molar-refractivity contribution in [3.05, 3.63) is 0 Å². The summed E-state index contributed by atoms with van der Waals surface area (Å²) in [5, 5.41) is 0. The van der Waals surface area contributed by atoms with Crippen molar-refractivity contribution in [3.8, 4) is 0 Å². The van der Waals surface area contributed by atoms with Crippen LogP contribution in [-0.2, 0) is 9.53 Å². The van der Waals surface area contributed by atoms with Crippen LogP contribution in [0.2, 0.25) is 0 Å². The summed E-state index contributed by atoms with van der Waals surface area (Å²) in [6, 6.07) is 0. The van der Waals surface area contributed by atoms with Gasteiger partial charge in [0.15, 0.2) is 0 Å². The maximum atomic E-state index is 11.9. The average Bonchev–Trinajstić information content (AvgIpc) is 2.30. The second-order valence-corrected chi connectivity index (χ2v) is 5.51. The Morgan fingerprint density at radius 3 is 2.05 bits per heavy atom. The first kappa shape index (κ1) is 18.3. The number of halogens is 3. The number of rotatable bonds is 9. The average molecular weight is 282 g/mol. The van der Waals surface area contributed by atoms with Crippen molar-refractivity contribution in [1.82, 2.24) is 0 Å². The number of ether oxygens (including phenoxy) is 1. The summed E-state index contributed by atoms with van der Waals surface area (Å²) in [7, 11) is 0. The molecule has 5 heteroatoms. The van der Waals surface area contributed by atoms with Gasteiger partial charge in [-0.25, -0.2) is 0 Å². The maximum absolute atomic E-state index is 11.9. The number of hydrogen-bond donors (Lipinski definition) is 0. The van der Waals surface area contributed by atoms with Gasteiger partial charge in [-0.15, -0.1) is 0 Å². The maximum Gasteiger partial charge on any atom is 0.389 e. The molecule has 0 saturated heterocycles. The lowest BCUT2D eigenvalue weighted by Crippen LogP contribution is -2.26. The highest BCUT2D eigenvalue weighted by Crippen LogP contribution is 2.23. The highest BCUT2D eigenvalue weighted by Gasteiger charge is 2.27. The summed E-state index contributed by atoms with van der Waals surface area (Å²) in [5.41, 5.74) is -0.452. The zero-order valence-electron chi connectivity index (χ0n) is 12.1. The molecule has 0 heterocycles. The quantitative estimate of drug-likeness (QED) is 0.445. The normalized spacial score (nSPS) is 12.5. The van der Waals surface area contributed by atoms with E-state index in [9.17, 15) is 18.0 Å². The standard InChI is InChI=1S/C14H25F3O2/c1-4-13(2,3)12(18)19-11-9-7-5-6-8-10-14(15,16)17/h4-11H2,1-3H3. The van der Waals surface area contributed by atoms with Crippen molar-refractivity contribution in [2.45, 2.75) is 71.9 Å². The number of hydrogen-bond acceptors (Lipinski definition) is 2. The number of alkyl halides is 3. The van der Waals surface area contributed by atoms with Crippen molar-refractivity contribution >= 4 is 5.97 Å². The van der Waals surface area contributed by atoms with Crippen molar-refractivity contribution in [1.29, 1.82) is 0 Å². The van der Waals surface area contributed by atoms with Gasteiger partial charge in [0.05, 0.1) is 12.0 Å². The number of unbranched alkanes of at least 4 members (excludes halogenated alkanes) is 4. The third kappa shape index (κ3) is 9.79. The van der Waals surface area contributed by atoms with Gasteiger partial charge in [0, 0.05) is 6.42 Å². The molecule has 0 spiro atoms. The molecule has 0 radical (unpaired) electrons. The third-order valence-corrected chi connectivity index (χ3v) is 3.27. The Bertz CT molecular complexity index is 260. The molecule has 0 saturated carbocycles. The van der Waals surface area contributed by atoms with Gasteiger partial charge in [-0.05, 0) is 33.1 Å². The van der Waals surface area contributed by atoms with Crippen molar-refractivity contribution in [2.24, 2.45) is 5.41 Å². The van der Waals surface area contributed by atoms with Gasteiger partial charge in [-0.3, -0.25) is 4.79 Å². The first-order valence-corrected chi connectivity index (χ1v) is 6.93. The molecule has 0 N–H and O–H groups in total. The second-order valence-electron chi connectivity index (χ2n) is 5.51. The Hall–Kier alpha value is -0.740. The SMILES string of the molecule is CCC(C)(C)C(=O)OCCCCCCCC(F)(F)F. The van der Waals surface area contributed by atoms with Gasteiger partial charge in [0.25, 0.3) is 0 Å². The predicted molar refractivity (Wildman–Crippen MR) is 68.8 cm³/mol. The van der Waals surface area contributed by atoms with E-state index in [0.717, 1.165) is 25.7 Å². The minimum absolute atomic E-state index is 0.187. The number of carbonyl (C=O) groups is 1. The molecule has 0 aromatic carbocycles. The first-order chi connectivity index (χ1) is 8.69. The van der Waals surface area contributed by atoms with E-state index in [1.54, 1.807) is 0 Å². The summed E-state index contributed by atoms with van der Waals surface area (Å²) >= 11 is 0. The first-order valence-electron chi connectivity index (χ1n) is 6.93.